The SMILES string of the molecule is C=C1c2cc(Cl)ccc2C=CN1C1CCC2C(C1)C2(F)F. The topological polar surface area (TPSA) is 3.24 Å². The molecule has 2 saturated carbocycles. The van der Waals surface area contributed by atoms with Crippen LogP contribution in [-0.4, -0.2) is 16.9 Å². The highest BCUT2D eigenvalue weighted by atomic mass is 35.5. The van der Waals surface area contributed by atoms with Crippen molar-refractivity contribution in [1.82, 2.24) is 4.90 Å². The third-order valence-corrected chi connectivity index (χ3v) is 5.38. The Morgan fingerprint density at radius 3 is 2.81 bits per heavy atom. The Labute approximate surface area is 127 Å². The Morgan fingerprint density at radius 2 is 2.05 bits per heavy atom. The molecule has 1 heterocycles. The number of benzene rings is 1. The number of hydrogen-bond donors (Lipinski definition) is 0. The molecule has 1 aromatic carbocycles. The van der Waals surface area contributed by atoms with Gasteiger partial charge in [-0.2, -0.15) is 0 Å². The lowest BCUT2D eigenvalue weighted by Gasteiger charge is -2.36. The van der Waals surface area contributed by atoms with Gasteiger partial charge in [-0.15, -0.1) is 0 Å². The third kappa shape index (κ3) is 1.94. The van der Waals surface area contributed by atoms with Crippen LogP contribution in [-0.2, 0) is 0 Å². The summed E-state index contributed by atoms with van der Waals surface area (Å²) in [5.41, 5.74) is 2.93. The molecule has 0 aromatic heterocycles. The van der Waals surface area contributed by atoms with E-state index in [2.05, 4.69) is 11.5 Å². The van der Waals surface area contributed by atoms with Crippen LogP contribution < -0.4 is 0 Å². The Hall–Kier alpha value is -1.35. The van der Waals surface area contributed by atoms with E-state index in [0.29, 0.717) is 17.9 Å². The first kappa shape index (κ1) is 13.3. The molecule has 2 fully saturated rings. The standard InChI is InChI=1S/C17H16ClF2N/c1-10-14-8-12(18)3-2-11(14)6-7-21(10)13-4-5-15-16(9-13)17(15,19)20/h2-3,6-8,13,15-16H,1,4-5,9H2. The minimum absolute atomic E-state index is 0.121. The van der Waals surface area contributed by atoms with Crippen LogP contribution in [0.1, 0.15) is 30.4 Å². The van der Waals surface area contributed by atoms with Gasteiger partial charge in [-0.25, -0.2) is 8.78 Å². The monoisotopic (exact) mass is 307 g/mol. The normalized spacial score (nSPS) is 32.6. The van der Waals surface area contributed by atoms with Crippen molar-refractivity contribution in [2.45, 2.75) is 31.2 Å². The summed E-state index contributed by atoms with van der Waals surface area (Å²) in [6.07, 6.45) is 5.96. The summed E-state index contributed by atoms with van der Waals surface area (Å²) in [7, 11) is 0. The maximum atomic E-state index is 13.6. The van der Waals surface area contributed by atoms with E-state index in [1.807, 2.05) is 30.5 Å². The van der Waals surface area contributed by atoms with Gasteiger partial charge in [0.05, 0.1) is 0 Å². The minimum Gasteiger partial charge on any atom is -0.345 e. The van der Waals surface area contributed by atoms with E-state index in [4.69, 9.17) is 11.6 Å². The molecule has 4 heteroatoms. The molecule has 1 aliphatic heterocycles. The van der Waals surface area contributed by atoms with E-state index in [-0.39, 0.29) is 12.0 Å². The molecule has 4 rings (SSSR count). The van der Waals surface area contributed by atoms with Crippen LogP contribution in [0.15, 0.2) is 31.0 Å². The number of hydrogen-bond acceptors (Lipinski definition) is 1. The molecule has 3 atom stereocenters. The van der Waals surface area contributed by atoms with Gasteiger partial charge in [-0.05, 0) is 43.0 Å². The molecular weight excluding hydrogens is 292 g/mol. The fourth-order valence-corrected chi connectivity index (χ4v) is 4.04. The highest BCUT2D eigenvalue weighted by molar-refractivity contribution is 6.30. The maximum absolute atomic E-state index is 13.6. The van der Waals surface area contributed by atoms with Crippen molar-refractivity contribution < 1.29 is 8.78 Å². The van der Waals surface area contributed by atoms with Gasteiger partial charge in [0.15, 0.2) is 0 Å². The van der Waals surface area contributed by atoms with E-state index >= 15 is 0 Å². The largest absolute Gasteiger partial charge is 0.345 e. The van der Waals surface area contributed by atoms with Crippen LogP contribution in [0.3, 0.4) is 0 Å². The van der Waals surface area contributed by atoms with Crippen molar-refractivity contribution in [3.05, 3.63) is 47.1 Å². The maximum Gasteiger partial charge on any atom is 0.254 e. The Morgan fingerprint density at radius 1 is 1.24 bits per heavy atom. The summed E-state index contributed by atoms with van der Waals surface area (Å²) in [5.74, 6) is -3.24. The first-order chi connectivity index (χ1) is 9.98. The summed E-state index contributed by atoms with van der Waals surface area (Å²) in [6.45, 7) is 4.16. The van der Waals surface area contributed by atoms with Gasteiger partial charge in [-0.1, -0.05) is 24.2 Å². The van der Waals surface area contributed by atoms with E-state index in [1.165, 1.54) is 0 Å². The molecule has 0 bridgehead atoms. The molecule has 2 aliphatic carbocycles. The van der Waals surface area contributed by atoms with Gasteiger partial charge in [0.2, 0.25) is 0 Å². The summed E-state index contributed by atoms with van der Waals surface area (Å²) in [6, 6.07) is 5.83. The van der Waals surface area contributed by atoms with Gasteiger partial charge in [0, 0.05) is 40.4 Å². The van der Waals surface area contributed by atoms with Crippen molar-refractivity contribution in [3.8, 4) is 0 Å². The minimum atomic E-state index is -2.43. The van der Waals surface area contributed by atoms with E-state index < -0.39 is 11.8 Å². The van der Waals surface area contributed by atoms with E-state index in [9.17, 15) is 8.78 Å². The highest BCUT2D eigenvalue weighted by Gasteiger charge is 2.69. The summed E-state index contributed by atoms with van der Waals surface area (Å²) < 4.78 is 27.1. The van der Waals surface area contributed by atoms with Crippen molar-refractivity contribution in [3.63, 3.8) is 0 Å². The molecule has 1 nitrogen and oxygen atoms in total. The predicted octanol–water partition coefficient (Wildman–Crippen LogP) is 5.03. The number of nitrogens with zero attached hydrogens (tertiary/aromatic N) is 1. The zero-order valence-electron chi connectivity index (χ0n) is 11.5. The van der Waals surface area contributed by atoms with Gasteiger partial charge in [0.25, 0.3) is 5.92 Å². The van der Waals surface area contributed by atoms with Gasteiger partial charge >= 0.3 is 0 Å². The zero-order chi connectivity index (χ0) is 14.8. The lowest BCUT2D eigenvalue weighted by molar-refractivity contribution is 0.0841. The van der Waals surface area contributed by atoms with Crippen LogP contribution in [0.4, 0.5) is 8.78 Å². The molecule has 0 amide bonds. The first-order valence-corrected chi connectivity index (χ1v) is 7.69. The molecule has 0 spiro atoms. The summed E-state index contributed by atoms with van der Waals surface area (Å²) in [4.78, 5) is 2.06. The Bertz CT molecular complexity index is 652. The van der Waals surface area contributed by atoms with Gasteiger partial charge in [0.1, 0.15) is 0 Å². The lowest BCUT2D eigenvalue weighted by atomic mass is 9.92. The number of halogens is 3. The Balaban J connectivity index is 1.59. The lowest BCUT2D eigenvalue weighted by Crippen LogP contribution is -2.33. The second-order valence-electron chi connectivity index (χ2n) is 6.26. The average molecular weight is 308 g/mol. The van der Waals surface area contributed by atoms with Crippen LogP contribution >= 0.6 is 11.6 Å². The summed E-state index contributed by atoms with van der Waals surface area (Å²) in [5, 5.41) is 0.669. The molecule has 0 saturated heterocycles. The molecule has 0 N–H and O–H groups in total. The fraction of sp³-hybridized carbons (Fsp3) is 0.412. The fourth-order valence-electron chi connectivity index (χ4n) is 3.87. The molecule has 110 valence electrons. The number of rotatable bonds is 1. The Kier molecular flexibility index (Phi) is 2.74. The van der Waals surface area contributed by atoms with Crippen molar-refractivity contribution in [1.29, 1.82) is 0 Å². The van der Waals surface area contributed by atoms with Crippen LogP contribution in [0.2, 0.25) is 5.02 Å². The van der Waals surface area contributed by atoms with Crippen LogP contribution in [0, 0.1) is 11.8 Å². The van der Waals surface area contributed by atoms with Crippen molar-refractivity contribution in [2.24, 2.45) is 11.8 Å². The van der Waals surface area contributed by atoms with Gasteiger partial charge in [-0.3, -0.25) is 0 Å². The van der Waals surface area contributed by atoms with Gasteiger partial charge < -0.3 is 4.90 Å². The number of fused-ring (bicyclic) bond motifs is 2. The second-order valence-corrected chi connectivity index (χ2v) is 6.69. The van der Waals surface area contributed by atoms with Crippen molar-refractivity contribution >= 4 is 23.4 Å². The van der Waals surface area contributed by atoms with Crippen LogP contribution in [0.5, 0.6) is 0 Å². The highest BCUT2D eigenvalue weighted by Crippen LogP contribution is 2.63. The third-order valence-electron chi connectivity index (χ3n) is 5.15. The van der Waals surface area contributed by atoms with Crippen molar-refractivity contribution in [2.75, 3.05) is 0 Å². The average Bonchev–Trinajstić information content (AvgIpc) is 3.01. The molecule has 21 heavy (non-hydrogen) atoms. The molecule has 1 aromatic rings. The quantitative estimate of drug-likeness (QED) is 0.703. The molecule has 0 radical (unpaired) electrons. The second kappa shape index (κ2) is 4.33. The molecule has 3 unspecified atom stereocenters. The molecular formula is C17H16ClF2N. The zero-order valence-corrected chi connectivity index (χ0v) is 12.3. The first-order valence-electron chi connectivity index (χ1n) is 7.31. The van der Waals surface area contributed by atoms with E-state index in [1.54, 1.807) is 0 Å². The van der Waals surface area contributed by atoms with E-state index in [0.717, 1.165) is 23.2 Å². The summed E-state index contributed by atoms with van der Waals surface area (Å²) >= 11 is 6.06. The molecule has 3 aliphatic rings. The smallest absolute Gasteiger partial charge is 0.254 e. The number of alkyl halides is 2. The van der Waals surface area contributed by atoms with Crippen LogP contribution in [0.25, 0.3) is 11.8 Å². The predicted molar refractivity (Wildman–Crippen MR) is 80.9 cm³/mol.